The highest BCUT2D eigenvalue weighted by atomic mass is 79.9. The van der Waals surface area contributed by atoms with Gasteiger partial charge in [0.1, 0.15) is 5.69 Å². The maximum atomic E-state index is 10.9. The molecule has 0 spiro atoms. The molecule has 2 aromatic rings. The molecule has 0 fully saturated rings. The molecule has 0 heterocycles. The predicted octanol–water partition coefficient (Wildman–Crippen LogP) is 4.86. The fourth-order valence-corrected chi connectivity index (χ4v) is 2.69. The molecule has 2 rings (SSSR count). The van der Waals surface area contributed by atoms with Gasteiger partial charge in [-0.25, -0.2) is 0 Å². The number of benzene rings is 2. The number of nitro groups is 1. The first-order valence-corrected chi connectivity index (χ1v) is 6.62. The van der Waals surface area contributed by atoms with Gasteiger partial charge in [0.2, 0.25) is 0 Å². The van der Waals surface area contributed by atoms with Crippen LogP contribution in [0.1, 0.15) is 0 Å². The van der Waals surface area contributed by atoms with Crippen LogP contribution in [0.4, 0.5) is 17.1 Å². The van der Waals surface area contributed by atoms with Crippen LogP contribution in [-0.2, 0) is 0 Å². The first-order valence-electron chi connectivity index (χ1n) is 5.04. The molecule has 0 unspecified atom stereocenters. The first-order chi connectivity index (χ1) is 8.59. The summed E-state index contributed by atoms with van der Waals surface area (Å²) in [4.78, 5) is 10.5. The van der Waals surface area contributed by atoms with Gasteiger partial charge in [-0.15, -0.1) is 0 Å². The molecule has 0 amide bonds. The number of anilines is 2. The van der Waals surface area contributed by atoms with Gasteiger partial charge in [0.15, 0.2) is 0 Å². The van der Waals surface area contributed by atoms with E-state index in [2.05, 4.69) is 37.2 Å². The summed E-state index contributed by atoms with van der Waals surface area (Å²) >= 11 is 6.81. The SMILES string of the molecule is O=[N+]([O-])c1ccccc1Nc1c(Br)cccc1Br. The first kappa shape index (κ1) is 13.0. The third-order valence-electron chi connectivity index (χ3n) is 2.32. The summed E-state index contributed by atoms with van der Waals surface area (Å²) in [7, 11) is 0. The number of hydrogen-bond acceptors (Lipinski definition) is 3. The molecular weight excluding hydrogens is 364 g/mol. The molecule has 6 heteroatoms. The van der Waals surface area contributed by atoms with Crippen molar-refractivity contribution in [1.29, 1.82) is 0 Å². The van der Waals surface area contributed by atoms with Crippen molar-refractivity contribution in [1.82, 2.24) is 0 Å². The van der Waals surface area contributed by atoms with Crippen LogP contribution in [-0.4, -0.2) is 4.92 Å². The van der Waals surface area contributed by atoms with Gasteiger partial charge in [-0.1, -0.05) is 18.2 Å². The molecule has 0 aliphatic heterocycles. The highest BCUT2D eigenvalue weighted by Gasteiger charge is 2.14. The van der Waals surface area contributed by atoms with Crippen LogP contribution < -0.4 is 5.32 Å². The lowest BCUT2D eigenvalue weighted by atomic mass is 10.2. The summed E-state index contributed by atoms with van der Waals surface area (Å²) in [5, 5.41) is 14.0. The smallest absolute Gasteiger partial charge is 0.292 e. The van der Waals surface area contributed by atoms with Crippen molar-refractivity contribution < 1.29 is 4.92 Å². The van der Waals surface area contributed by atoms with Gasteiger partial charge in [0.05, 0.1) is 10.6 Å². The van der Waals surface area contributed by atoms with E-state index in [-0.39, 0.29) is 5.69 Å². The van der Waals surface area contributed by atoms with Gasteiger partial charge in [-0.05, 0) is 50.1 Å². The lowest BCUT2D eigenvalue weighted by Gasteiger charge is -2.10. The van der Waals surface area contributed by atoms with Gasteiger partial charge in [0.25, 0.3) is 5.69 Å². The Hall–Kier alpha value is -1.40. The number of nitrogens with one attached hydrogen (secondary N) is 1. The highest BCUT2D eigenvalue weighted by Crippen LogP contribution is 2.35. The number of hydrogen-bond donors (Lipinski definition) is 1. The molecule has 1 N–H and O–H groups in total. The van der Waals surface area contributed by atoms with Crippen molar-refractivity contribution in [2.45, 2.75) is 0 Å². The van der Waals surface area contributed by atoms with Crippen LogP contribution in [0.3, 0.4) is 0 Å². The lowest BCUT2D eigenvalue weighted by Crippen LogP contribution is -1.97. The van der Waals surface area contributed by atoms with E-state index < -0.39 is 4.92 Å². The van der Waals surface area contributed by atoms with Crippen molar-refractivity contribution >= 4 is 48.9 Å². The van der Waals surface area contributed by atoms with Gasteiger partial charge >= 0.3 is 0 Å². The molecule has 0 aliphatic carbocycles. The molecule has 0 aliphatic rings. The Kier molecular flexibility index (Phi) is 3.98. The Morgan fingerprint density at radius 3 is 2.22 bits per heavy atom. The largest absolute Gasteiger partial charge is 0.348 e. The van der Waals surface area contributed by atoms with E-state index >= 15 is 0 Å². The molecule has 0 bridgehead atoms. The molecule has 18 heavy (non-hydrogen) atoms. The second-order valence-electron chi connectivity index (χ2n) is 3.50. The zero-order valence-corrected chi connectivity index (χ0v) is 12.2. The number of rotatable bonds is 3. The molecule has 0 atom stereocenters. The van der Waals surface area contributed by atoms with E-state index in [1.807, 2.05) is 18.2 Å². The summed E-state index contributed by atoms with van der Waals surface area (Å²) in [5.41, 5.74) is 1.25. The molecule has 4 nitrogen and oxygen atoms in total. The minimum atomic E-state index is -0.410. The topological polar surface area (TPSA) is 55.2 Å². The van der Waals surface area contributed by atoms with Gasteiger partial charge < -0.3 is 5.32 Å². The standard InChI is InChI=1S/C12H8Br2N2O2/c13-8-4-3-5-9(14)12(8)15-10-6-1-2-7-11(10)16(17)18/h1-7,15H. The van der Waals surface area contributed by atoms with Crippen molar-refractivity contribution in [3.63, 3.8) is 0 Å². The minimum Gasteiger partial charge on any atom is -0.348 e. The van der Waals surface area contributed by atoms with E-state index in [4.69, 9.17) is 0 Å². The Labute approximate surface area is 120 Å². The van der Waals surface area contributed by atoms with Gasteiger partial charge in [-0.3, -0.25) is 10.1 Å². The van der Waals surface area contributed by atoms with E-state index in [1.54, 1.807) is 18.2 Å². The van der Waals surface area contributed by atoms with Crippen LogP contribution in [0.5, 0.6) is 0 Å². The number of para-hydroxylation sites is 3. The molecule has 0 radical (unpaired) electrons. The Morgan fingerprint density at radius 2 is 1.61 bits per heavy atom. The summed E-state index contributed by atoms with van der Waals surface area (Å²) in [6, 6.07) is 12.1. The summed E-state index contributed by atoms with van der Waals surface area (Å²) < 4.78 is 1.66. The average molecular weight is 372 g/mol. The van der Waals surface area contributed by atoms with Crippen LogP contribution in [0.25, 0.3) is 0 Å². The molecule has 0 saturated heterocycles. The second kappa shape index (κ2) is 5.49. The van der Waals surface area contributed by atoms with Crippen molar-refractivity contribution in [2.75, 3.05) is 5.32 Å². The van der Waals surface area contributed by atoms with Crippen molar-refractivity contribution in [3.8, 4) is 0 Å². The summed E-state index contributed by atoms with van der Waals surface area (Å²) in [5.74, 6) is 0. The van der Waals surface area contributed by atoms with Crippen molar-refractivity contribution in [3.05, 3.63) is 61.5 Å². The molecule has 0 saturated carbocycles. The lowest BCUT2D eigenvalue weighted by molar-refractivity contribution is -0.383. The van der Waals surface area contributed by atoms with Crippen LogP contribution in [0.2, 0.25) is 0 Å². The maximum Gasteiger partial charge on any atom is 0.292 e. The molecular formula is C12H8Br2N2O2. The van der Waals surface area contributed by atoms with E-state index in [1.165, 1.54) is 6.07 Å². The Morgan fingerprint density at radius 1 is 1.00 bits per heavy atom. The van der Waals surface area contributed by atoms with Crippen LogP contribution in [0.15, 0.2) is 51.4 Å². The Balaban J connectivity index is 2.43. The summed E-state index contributed by atoms with van der Waals surface area (Å²) in [6.07, 6.45) is 0. The van der Waals surface area contributed by atoms with Gasteiger partial charge in [0, 0.05) is 15.0 Å². The zero-order chi connectivity index (χ0) is 13.1. The molecule has 2 aromatic carbocycles. The molecule has 0 aromatic heterocycles. The normalized spacial score (nSPS) is 10.1. The predicted molar refractivity (Wildman–Crippen MR) is 78.2 cm³/mol. The fourth-order valence-electron chi connectivity index (χ4n) is 1.49. The Bertz CT molecular complexity index is 582. The van der Waals surface area contributed by atoms with Crippen LogP contribution >= 0.6 is 31.9 Å². The van der Waals surface area contributed by atoms with E-state index in [0.717, 1.165) is 14.6 Å². The highest BCUT2D eigenvalue weighted by molar-refractivity contribution is 9.11. The number of nitrogens with zero attached hydrogens (tertiary/aromatic N) is 1. The second-order valence-corrected chi connectivity index (χ2v) is 5.20. The minimum absolute atomic E-state index is 0.0418. The monoisotopic (exact) mass is 370 g/mol. The maximum absolute atomic E-state index is 10.9. The zero-order valence-electron chi connectivity index (χ0n) is 9.06. The third kappa shape index (κ3) is 2.70. The number of halogens is 2. The fraction of sp³-hybridized carbons (Fsp3) is 0. The van der Waals surface area contributed by atoms with E-state index in [9.17, 15) is 10.1 Å². The quantitative estimate of drug-likeness (QED) is 0.618. The number of nitro benzene ring substituents is 1. The molecule has 92 valence electrons. The van der Waals surface area contributed by atoms with E-state index in [0.29, 0.717) is 5.69 Å². The third-order valence-corrected chi connectivity index (χ3v) is 3.64. The summed E-state index contributed by atoms with van der Waals surface area (Å²) in [6.45, 7) is 0. The average Bonchev–Trinajstić information content (AvgIpc) is 2.34. The van der Waals surface area contributed by atoms with Crippen LogP contribution in [0, 0.1) is 10.1 Å². The van der Waals surface area contributed by atoms with Crippen molar-refractivity contribution in [2.24, 2.45) is 0 Å². The van der Waals surface area contributed by atoms with Gasteiger partial charge in [-0.2, -0.15) is 0 Å².